The van der Waals surface area contributed by atoms with E-state index >= 15 is 0 Å². The van der Waals surface area contributed by atoms with Crippen LogP contribution in [0.15, 0.2) is 45.8 Å². The maximum absolute atomic E-state index is 13.0. The molecule has 0 aromatic heterocycles. The summed E-state index contributed by atoms with van der Waals surface area (Å²) < 4.78 is 39.4. The summed E-state index contributed by atoms with van der Waals surface area (Å²) in [6, 6.07) is 9.60. The summed E-state index contributed by atoms with van der Waals surface area (Å²) in [7, 11) is -1.08. The van der Waals surface area contributed by atoms with Gasteiger partial charge in [-0.2, -0.15) is 0 Å². The molecule has 0 aliphatic carbocycles. The molecule has 0 amide bonds. The van der Waals surface area contributed by atoms with Crippen LogP contribution < -0.4 is 9.46 Å². The lowest BCUT2D eigenvalue weighted by molar-refractivity contribution is -0.141. The number of methoxy groups -OCH3 is 2. The SMILES string of the molecule is COC(=O)CC(NS(=O)(=O)c1cc(C)c(OC)cc1C)c1cccc(Br)c1. The summed E-state index contributed by atoms with van der Waals surface area (Å²) in [6.07, 6.45) is -0.125. The highest BCUT2D eigenvalue weighted by atomic mass is 79.9. The van der Waals surface area contributed by atoms with Crippen LogP contribution in [0.1, 0.15) is 29.2 Å². The number of ether oxygens (including phenoxy) is 2. The second-order valence-corrected chi connectivity index (χ2v) is 8.69. The topological polar surface area (TPSA) is 81.7 Å². The number of carbonyl (C=O) groups is 1. The monoisotopic (exact) mass is 455 g/mol. The molecule has 27 heavy (non-hydrogen) atoms. The predicted octanol–water partition coefficient (Wildman–Crippen LogP) is 3.66. The first-order chi connectivity index (χ1) is 12.7. The van der Waals surface area contributed by atoms with Crippen LogP contribution in [0.5, 0.6) is 5.75 Å². The van der Waals surface area contributed by atoms with Gasteiger partial charge in [-0.25, -0.2) is 13.1 Å². The molecule has 1 atom stereocenters. The van der Waals surface area contributed by atoms with Crippen molar-refractivity contribution in [1.29, 1.82) is 0 Å². The Hall–Kier alpha value is -1.90. The van der Waals surface area contributed by atoms with Gasteiger partial charge < -0.3 is 9.47 Å². The molecule has 1 unspecified atom stereocenters. The number of halogens is 1. The van der Waals surface area contributed by atoms with E-state index in [0.717, 1.165) is 4.47 Å². The first kappa shape index (κ1) is 21.4. The van der Waals surface area contributed by atoms with Crippen molar-refractivity contribution in [1.82, 2.24) is 4.72 Å². The molecule has 0 bridgehead atoms. The molecule has 146 valence electrons. The first-order valence-corrected chi connectivity index (χ1v) is 10.5. The maximum atomic E-state index is 13.0. The number of esters is 1. The molecule has 0 aliphatic heterocycles. The summed E-state index contributed by atoms with van der Waals surface area (Å²) in [4.78, 5) is 12.0. The number of benzene rings is 2. The number of hydrogen-bond acceptors (Lipinski definition) is 5. The van der Waals surface area contributed by atoms with Crippen LogP contribution in [0.25, 0.3) is 0 Å². The Balaban J connectivity index is 2.44. The van der Waals surface area contributed by atoms with Gasteiger partial charge in [0.25, 0.3) is 0 Å². The fraction of sp³-hybridized carbons (Fsp3) is 0.316. The Morgan fingerprint density at radius 3 is 2.44 bits per heavy atom. The van der Waals surface area contributed by atoms with E-state index < -0.39 is 22.0 Å². The van der Waals surface area contributed by atoms with Gasteiger partial charge in [0.2, 0.25) is 10.0 Å². The first-order valence-electron chi connectivity index (χ1n) is 8.17. The Kier molecular flexibility index (Phi) is 7.02. The molecule has 0 heterocycles. The van der Waals surface area contributed by atoms with Crippen LogP contribution in [0.2, 0.25) is 0 Å². The molecule has 0 radical (unpaired) electrons. The van der Waals surface area contributed by atoms with E-state index in [1.807, 2.05) is 6.07 Å². The number of carbonyl (C=O) groups excluding carboxylic acids is 1. The van der Waals surface area contributed by atoms with Crippen molar-refractivity contribution in [3.63, 3.8) is 0 Å². The molecule has 0 saturated carbocycles. The van der Waals surface area contributed by atoms with Gasteiger partial charge in [0.05, 0.1) is 31.6 Å². The fourth-order valence-electron chi connectivity index (χ4n) is 2.72. The smallest absolute Gasteiger partial charge is 0.307 e. The third kappa shape index (κ3) is 5.31. The van der Waals surface area contributed by atoms with E-state index in [0.29, 0.717) is 22.4 Å². The number of sulfonamides is 1. The van der Waals surface area contributed by atoms with Crippen LogP contribution in [-0.4, -0.2) is 28.6 Å². The van der Waals surface area contributed by atoms with Gasteiger partial charge in [-0.15, -0.1) is 0 Å². The van der Waals surface area contributed by atoms with Gasteiger partial charge in [0, 0.05) is 4.47 Å². The van der Waals surface area contributed by atoms with E-state index in [2.05, 4.69) is 20.7 Å². The van der Waals surface area contributed by atoms with Crippen LogP contribution in [0, 0.1) is 13.8 Å². The van der Waals surface area contributed by atoms with Crippen LogP contribution in [0.3, 0.4) is 0 Å². The summed E-state index contributed by atoms with van der Waals surface area (Å²) in [5, 5.41) is 0. The van der Waals surface area contributed by atoms with Gasteiger partial charge >= 0.3 is 5.97 Å². The molecule has 0 aliphatic rings. The Morgan fingerprint density at radius 2 is 1.85 bits per heavy atom. The summed E-state index contributed by atoms with van der Waals surface area (Å²) in [6.45, 7) is 3.47. The minimum atomic E-state index is -3.88. The van der Waals surface area contributed by atoms with Crippen LogP contribution >= 0.6 is 15.9 Å². The van der Waals surface area contributed by atoms with Gasteiger partial charge in [-0.3, -0.25) is 4.79 Å². The van der Waals surface area contributed by atoms with Crippen molar-refractivity contribution < 1.29 is 22.7 Å². The number of rotatable bonds is 7. The zero-order chi connectivity index (χ0) is 20.2. The molecular weight excluding hydrogens is 434 g/mol. The van der Waals surface area contributed by atoms with Crippen LogP contribution in [-0.2, 0) is 19.6 Å². The van der Waals surface area contributed by atoms with Gasteiger partial charge in [0.15, 0.2) is 0 Å². The zero-order valence-corrected chi connectivity index (χ0v) is 18.0. The van der Waals surface area contributed by atoms with Crippen molar-refractivity contribution in [2.45, 2.75) is 31.2 Å². The number of aryl methyl sites for hydroxylation is 2. The molecule has 2 rings (SSSR count). The van der Waals surface area contributed by atoms with E-state index in [4.69, 9.17) is 9.47 Å². The van der Waals surface area contributed by atoms with Crippen molar-refractivity contribution in [2.24, 2.45) is 0 Å². The summed E-state index contributed by atoms with van der Waals surface area (Å²) in [5.41, 5.74) is 1.91. The zero-order valence-electron chi connectivity index (χ0n) is 15.6. The quantitative estimate of drug-likeness (QED) is 0.644. The van der Waals surface area contributed by atoms with Gasteiger partial charge in [0.1, 0.15) is 5.75 Å². The molecule has 6 nitrogen and oxygen atoms in total. The lowest BCUT2D eigenvalue weighted by Gasteiger charge is -2.20. The molecule has 2 aromatic rings. The van der Waals surface area contributed by atoms with Crippen molar-refractivity contribution in [2.75, 3.05) is 14.2 Å². The summed E-state index contributed by atoms with van der Waals surface area (Å²) >= 11 is 3.37. The average molecular weight is 456 g/mol. The lowest BCUT2D eigenvalue weighted by atomic mass is 10.1. The standard InChI is InChI=1S/C19H22BrNO5S/c1-12-9-18(13(2)8-17(12)25-3)27(23,24)21-16(11-19(22)26-4)14-6-5-7-15(20)10-14/h5-10,16,21H,11H2,1-4H3. The average Bonchev–Trinajstić information content (AvgIpc) is 2.62. The van der Waals surface area contributed by atoms with Crippen molar-refractivity contribution in [3.8, 4) is 5.75 Å². The highest BCUT2D eigenvalue weighted by molar-refractivity contribution is 9.10. The minimum absolute atomic E-state index is 0.125. The molecule has 8 heteroatoms. The minimum Gasteiger partial charge on any atom is -0.496 e. The van der Waals surface area contributed by atoms with E-state index in [1.54, 1.807) is 44.2 Å². The molecule has 0 spiro atoms. The van der Waals surface area contributed by atoms with E-state index in [9.17, 15) is 13.2 Å². The van der Waals surface area contributed by atoms with Gasteiger partial charge in [-0.1, -0.05) is 28.1 Å². The second kappa shape index (κ2) is 8.86. The Labute approximate surface area is 168 Å². The third-order valence-corrected chi connectivity index (χ3v) is 6.24. The third-order valence-electron chi connectivity index (χ3n) is 4.13. The number of nitrogens with one attached hydrogen (secondary N) is 1. The highest BCUT2D eigenvalue weighted by Crippen LogP contribution is 2.28. The number of hydrogen-bond donors (Lipinski definition) is 1. The highest BCUT2D eigenvalue weighted by Gasteiger charge is 2.26. The van der Waals surface area contributed by atoms with Crippen LogP contribution in [0.4, 0.5) is 0 Å². The molecular formula is C19H22BrNO5S. The van der Waals surface area contributed by atoms with Gasteiger partial charge in [-0.05, 0) is 54.8 Å². The van der Waals surface area contributed by atoms with E-state index in [-0.39, 0.29) is 11.3 Å². The Bertz CT molecular complexity index is 943. The second-order valence-electron chi connectivity index (χ2n) is 6.10. The summed E-state index contributed by atoms with van der Waals surface area (Å²) in [5.74, 6) is 0.106. The lowest BCUT2D eigenvalue weighted by Crippen LogP contribution is -2.31. The normalized spacial score (nSPS) is 12.5. The Morgan fingerprint density at radius 1 is 1.15 bits per heavy atom. The van der Waals surface area contributed by atoms with E-state index in [1.165, 1.54) is 14.2 Å². The largest absolute Gasteiger partial charge is 0.496 e. The maximum Gasteiger partial charge on any atom is 0.307 e. The fourth-order valence-corrected chi connectivity index (χ4v) is 4.68. The predicted molar refractivity (Wildman–Crippen MR) is 106 cm³/mol. The molecule has 0 fully saturated rings. The molecule has 0 saturated heterocycles. The van der Waals surface area contributed by atoms with Crippen molar-refractivity contribution >= 4 is 31.9 Å². The molecule has 2 aromatic carbocycles. The van der Waals surface area contributed by atoms with Crippen molar-refractivity contribution in [3.05, 3.63) is 57.6 Å². The molecule has 1 N–H and O–H groups in total.